The van der Waals surface area contributed by atoms with Gasteiger partial charge in [-0.2, -0.15) is 0 Å². The van der Waals surface area contributed by atoms with Gasteiger partial charge in [0.2, 0.25) is 5.91 Å². The van der Waals surface area contributed by atoms with Crippen molar-refractivity contribution in [2.45, 2.75) is 40.2 Å². The molecule has 33 heavy (non-hydrogen) atoms. The SMILES string of the molecule is C=C/C(=C\C=C(/C)n1cnnn1)CC(=O)NCCN(CC)CCc1sc2c(c1C)COC2=O. The first-order valence-electron chi connectivity index (χ1n) is 10.9. The van der Waals surface area contributed by atoms with E-state index >= 15 is 0 Å². The molecule has 176 valence electrons. The highest BCUT2D eigenvalue weighted by Gasteiger charge is 2.27. The molecular weight excluding hydrogens is 440 g/mol. The fraction of sp³-hybridized carbons (Fsp3) is 0.435. The molecule has 9 nitrogen and oxygen atoms in total. The highest BCUT2D eigenvalue weighted by atomic mass is 32.1. The van der Waals surface area contributed by atoms with E-state index < -0.39 is 0 Å². The molecule has 0 fully saturated rings. The van der Waals surface area contributed by atoms with Crippen LogP contribution >= 0.6 is 11.3 Å². The molecular formula is C23H30N6O3S. The number of carbonyl (C=O) groups excluding carboxylic acids is 2. The zero-order chi connectivity index (χ0) is 23.8. The van der Waals surface area contributed by atoms with Crippen LogP contribution in [0.4, 0.5) is 0 Å². The van der Waals surface area contributed by atoms with Gasteiger partial charge in [-0.1, -0.05) is 25.7 Å². The number of nitrogens with one attached hydrogen (secondary N) is 1. The van der Waals surface area contributed by atoms with Gasteiger partial charge in [0, 0.05) is 35.8 Å². The summed E-state index contributed by atoms with van der Waals surface area (Å²) >= 11 is 1.55. The molecule has 0 radical (unpaired) electrons. The lowest BCUT2D eigenvalue weighted by molar-refractivity contribution is -0.120. The highest BCUT2D eigenvalue weighted by molar-refractivity contribution is 7.14. The first kappa shape index (κ1) is 24.5. The van der Waals surface area contributed by atoms with Gasteiger partial charge < -0.3 is 15.0 Å². The Labute approximate surface area is 197 Å². The Morgan fingerprint density at radius 2 is 2.21 bits per heavy atom. The number of allylic oxidation sites excluding steroid dienone is 4. The van der Waals surface area contributed by atoms with E-state index in [4.69, 9.17) is 4.74 Å². The second-order valence-corrected chi connectivity index (χ2v) is 8.86. The van der Waals surface area contributed by atoms with Crippen LogP contribution in [-0.4, -0.2) is 63.2 Å². The van der Waals surface area contributed by atoms with E-state index in [1.54, 1.807) is 22.1 Å². The molecule has 0 aliphatic carbocycles. The van der Waals surface area contributed by atoms with Gasteiger partial charge >= 0.3 is 5.97 Å². The Hall–Kier alpha value is -3.11. The smallest absolute Gasteiger partial charge is 0.349 e. The van der Waals surface area contributed by atoms with Crippen LogP contribution in [-0.2, 0) is 22.6 Å². The lowest BCUT2D eigenvalue weighted by atomic mass is 10.1. The van der Waals surface area contributed by atoms with Crippen LogP contribution in [0.5, 0.6) is 0 Å². The summed E-state index contributed by atoms with van der Waals surface area (Å²) in [5.41, 5.74) is 3.87. The standard InChI is InChI=1S/C23H30N6O3S/c1-5-18(8-7-16(3)29-15-25-26-27-29)13-21(30)24-10-12-28(6-2)11-9-20-17(4)19-14-32-23(31)22(19)33-20/h5,7-8,15H,1,6,9-14H2,2-4H3,(H,24,30)/b16-7+,18-8+. The predicted octanol–water partition coefficient (Wildman–Crippen LogP) is 2.76. The van der Waals surface area contributed by atoms with E-state index in [2.05, 4.69) is 46.2 Å². The number of ether oxygens (including phenoxy) is 1. The molecule has 2 aromatic heterocycles. The van der Waals surface area contributed by atoms with Crippen LogP contribution in [0.15, 0.2) is 36.7 Å². The number of tetrazole rings is 1. The van der Waals surface area contributed by atoms with Crippen LogP contribution in [0.2, 0.25) is 0 Å². The van der Waals surface area contributed by atoms with Crippen LogP contribution in [0.1, 0.15) is 45.9 Å². The summed E-state index contributed by atoms with van der Waals surface area (Å²) in [5, 5.41) is 14.0. The Balaban J connectivity index is 1.43. The van der Waals surface area contributed by atoms with E-state index in [1.807, 2.05) is 19.1 Å². The molecule has 1 aliphatic heterocycles. The minimum absolute atomic E-state index is 0.0466. The number of fused-ring (bicyclic) bond motifs is 1. The van der Waals surface area contributed by atoms with Crippen LogP contribution < -0.4 is 5.32 Å². The van der Waals surface area contributed by atoms with Gasteiger partial charge in [-0.05, 0) is 54.5 Å². The highest BCUT2D eigenvalue weighted by Crippen LogP contribution is 2.34. The Kier molecular flexibility index (Phi) is 8.67. The van der Waals surface area contributed by atoms with Gasteiger partial charge in [-0.3, -0.25) is 4.79 Å². The summed E-state index contributed by atoms with van der Waals surface area (Å²) in [4.78, 5) is 28.4. The monoisotopic (exact) mass is 470 g/mol. The van der Waals surface area contributed by atoms with Crippen molar-refractivity contribution in [3.05, 3.63) is 57.6 Å². The molecule has 3 heterocycles. The summed E-state index contributed by atoms with van der Waals surface area (Å²) in [7, 11) is 0. The van der Waals surface area contributed by atoms with Crippen molar-refractivity contribution < 1.29 is 14.3 Å². The number of carbonyl (C=O) groups is 2. The second-order valence-electron chi connectivity index (χ2n) is 7.75. The molecule has 10 heteroatoms. The zero-order valence-electron chi connectivity index (χ0n) is 19.3. The van der Waals surface area contributed by atoms with Gasteiger partial charge in [0.1, 0.15) is 17.8 Å². The number of hydrogen-bond acceptors (Lipinski definition) is 8. The second kappa shape index (κ2) is 11.7. The predicted molar refractivity (Wildman–Crippen MR) is 128 cm³/mol. The number of cyclic esters (lactones) is 1. The zero-order valence-corrected chi connectivity index (χ0v) is 20.2. The molecule has 0 aromatic carbocycles. The number of aromatic nitrogens is 4. The van der Waals surface area contributed by atoms with E-state index in [9.17, 15) is 9.59 Å². The van der Waals surface area contributed by atoms with Crippen molar-refractivity contribution in [3.63, 3.8) is 0 Å². The third-order valence-corrected chi connectivity index (χ3v) is 7.01. The van der Waals surface area contributed by atoms with Crippen LogP contribution in [0.3, 0.4) is 0 Å². The van der Waals surface area contributed by atoms with Crippen molar-refractivity contribution in [1.82, 2.24) is 30.4 Å². The minimum Gasteiger partial charge on any atom is -0.457 e. The van der Waals surface area contributed by atoms with Crippen molar-refractivity contribution in [1.29, 1.82) is 0 Å². The summed E-state index contributed by atoms with van der Waals surface area (Å²) in [6.07, 6.45) is 8.03. The Morgan fingerprint density at radius 3 is 2.88 bits per heavy atom. The Morgan fingerprint density at radius 1 is 1.39 bits per heavy atom. The summed E-state index contributed by atoms with van der Waals surface area (Å²) in [6.45, 7) is 13.3. The normalized spacial score (nSPS) is 13.9. The topological polar surface area (TPSA) is 102 Å². The quantitative estimate of drug-likeness (QED) is 0.376. The van der Waals surface area contributed by atoms with E-state index in [1.165, 1.54) is 16.8 Å². The van der Waals surface area contributed by atoms with Crippen molar-refractivity contribution in [2.24, 2.45) is 0 Å². The summed E-state index contributed by atoms with van der Waals surface area (Å²) in [5.74, 6) is -0.247. The number of likely N-dealkylation sites (N-methyl/N-ethyl adjacent to an activating group) is 1. The molecule has 2 aromatic rings. The molecule has 0 unspecified atom stereocenters. The molecule has 0 saturated carbocycles. The van der Waals surface area contributed by atoms with Gasteiger partial charge in [-0.15, -0.1) is 16.4 Å². The summed E-state index contributed by atoms with van der Waals surface area (Å²) < 4.78 is 6.65. The largest absolute Gasteiger partial charge is 0.457 e. The minimum atomic E-state index is -0.201. The maximum absolute atomic E-state index is 12.4. The maximum Gasteiger partial charge on any atom is 0.349 e. The maximum atomic E-state index is 12.4. The van der Waals surface area contributed by atoms with Crippen LogP contribution in [0, 0.1) is 6.92 Å². The average Bonchev–Trinajstić information content (AvgIpc) is 3.54. The van der Waals surface area contributed by atoms with E-state index in [0.29, 0.717) is 13.2 Å². The van der Waals surface area contributed by atoms with Crippen LogP contribution in [0.25, 0.3) is 5.70 Å². The fourth-order valence-electron chi connectivity index (χ4n) is 3.50. The molecule has 0 saturated heterocycles. The number of rotatable bonds is 12. The molecule has 0 atom stereocenters. The van der Waals surface area contributed by atoms with Gasteiger partial charge in [0.15, 0.2) is 0 Å². The molecule has 1 N–H and O–H groups in total. The first-order chi connectivity index (χ1) is 15.9. The third kappa shape index (κ3) is 6.45. The van der Waals surface area contributed by atoms with E-state index in [0.717, 1.165) is 47.8 Å². The lowest BCUT2D eigenvalue weighted by Crippen LogP contribution is -2.36. The number of esters is 1. The number of thiophene rings is 1. The Bertz CT molecular complexity index is 1050. The average molecular weight is 471 g/mol. The number of hydrogen-bond donors (Lipinski definition) is 1. The number of nitrogens with zero attached hydrogens (tertiary/aromatic N) is 5. The van der Waals surface area contributed by atoms with Crippen molar-refractivity contribution in [3.8, 4) is 0 Å². The third-order valence-electron chi connectivity index (χ3n) is 5.63. The summed E-state index contributed by atoms with van der Waals surface area (Å²) in [6, 6.07) is 0. The number of amides is 1. The van der Waals surface area contributed by atoms with Gasteiger partial charge in [0.05, 0.1) is 6.42 Å². The van der Waals surface area contributed by atoms with Crippen molar-refractivity contribution >= 4 is 28.9 Å². The van der Waals surface area contributed by atoms with Crippen molar-refractivity contribution in [2.75, 3.05) is 26.2 Å². The lowest BCUT2D eigenvalue weighted by Gasteiger charge is -2.20. The molecule has 1 amide bonds. The van der Waals surface area contributed by atoms with Gasteiger partial charge in [-0.25, -0.2) is 9.48 Å². The first-order valence-corrected chi connectivity index (χ1v) is 11.7. The molecule has 0 bridgehead atoms. The van der Waals surface area contributed by atoms with E-state index in [-0.39, 0.29) is 18.3 Å². The fourth-order valence-corrected chi connectivity index (χ4v) is 4.69. The molecule has 0 spiro atoms. The molecule has 3 rings (SSSR count). The van der Waals surface area contributed by atoms with Gasteiger partial charge in [0.25, 0.3) is 0 Å². The molecule has 1 aliphatic rings.